The Morgan fingerprint density at radius 1 is 1.26 bits per heavy atom. The van der Waals surface area contributed by atoms with Crippen LogP contribution in [-0.2, 0) is 35.6 Å². The first-order chi connectivity index (χ1) is 18.7. The highest BCUT2D eigenvalue weighted by atomic mass is 16.5. The van der Waals surface area contributed by atoms with Crippen molar-refractivity contribution in [2.45, 2.75) is 57.4 Å². The first-order valence-corrected chi connectivity index (χ1v) is 14.1. The number of fused-ring (bicyclic) bond motifs is 1. The molecule has 9 heteroatoms. The highest BCUT2D eigenvalue weighted by Crippen LogP contribution is 2.39. The van der Waals surface area contributed by atoms with Gasteiger partial charge in [-0.25, -0.2) is 4.98 Å². The minimum atomic E-state index is -0.182. The van der Waals surface area contributed by atoms with Gasteiger partial charge in [-0.15, -0.1) is 10.2 Å². The number of piperidine rings is 1. The zero-order chi connectivity index (χ0) is 27.2. The molecular formula is C30H39N7O2. The number of aryl methyl sites for hydroxylation is 1. The predicted molar refractivity (Wildman–Crippen MR) is 151 cm³/mol. The van der Waals surface area contributed by atoms with Crippen LogP contribution in [0.4, 0.5) is 11.4 Å². The topological polar surface area (TPSA) is 97.2 Å². The summed E-state index contributed by atoms with van der Waals surface area (Å²) < 4.78 is 7.60. The molecule has 5 heterocycles. The van der Waals surface area contributed by atoms with Gasteiger partial charge in [0.1, 0.15) is 17.8 Å². The molecule has 2 saturated heterocycles. The van der Waals surface area contributed by atoms with E-state index in [2.05, 4.69) is 58.6 Å². The monoisotopic (exact) mass is 529 g/mol. The summed E-state index contributed by atoms with van der Waals surface area (Å²) in [7, 11) is 1.96. The van der Waals surface area contributed by atoms with Crippen LogP contribution in [0.3, 0.4) is 0 Å². The van der Waals surface area contributed by atoms with Crippen LogP contribution in [0, 0.1) is 5.92 Å². The van der Waals surface area contributed by atoms with Gasteiger partial charge in [0.15, 0.2) is 0 Å². The molecular weight excluding hydrogens is 490 g/mol. The van der Waals surface area contributed by atoms with E-state index in [1.807, 2.05) is 29.8 Å². The number of likely N-dealkylation sites (tertiary alicyclic amines) is 1. The van der Waals surface area contributed by atoms with E-state index in [4.69, 9.17) is 9.72 Å². The molecule has 2 fully saturated rings. The van der Waals surface area contributed by atoms with Crippen LogP contribution < -0.4 is 10.6 Å². The van der Waals surface area contributed by atoms with E-state index in [-0.39, 0.29) is 16.7 Å². The van der Waals surface area contributed by atoms with E-state index in [1.165, 1.54) is 12.8 Å². The largest absolute Gasteiger partial charge is 0.382 e. The number of anilines is 2. The lowest BCUT2D eigenvalue weighted by Gasteiger charge is -2.41. The van der Waals surface area contributed by atoms with Crippen molar-refractivity contribution < 1.29 is 9.53 Å². The fourth-order valence-electron chi connectivity index (χ4n) is 6.20. The van der Waals surface area contributed by atoms with Crippen LogP contribution in [-0.4, -0.2) is 63.4 Å². The Balaban J connectivity index is 1.25. The molecule has 1 atom stereocenters. The van der Waals surface area contributed by atoms with Crippen LogP contribution in [0.25, 0.3) is 0 Å². The molecule has 0 radical (unpaired) electrons. The molecule has 2 N–H and O–H groups in total. The highest BCUT2D eigenvalue weighted by Gasteiger charge is 2.42. The summed E-state index contributed by atoms with van der Waals surface area (Å²) in [6.07, 6.45) is 4.96. The maximum absolute atomic E-state index is 13.6. The van der Waals surface area contributed by atoms with Gasteiger partial charge in [0.25, 0.3) is 5.91 Å². The molecule has 1 aromatic carbocycles. The van der Waals surface area contributed by atoms with Gasteiger partial charge in [0.05, 0.1) is 24.6 Å². The van der Waals surface area contributed by atoms with Crippen LogP contribution in [0.15, 0.2) is 36.7 Å². The molecule has 39 heavy (non-hydrogen) atoms. The lowest BCUT2D eigenvalue weighted by atomic mass is 9.75. The minimum absolute atomic E-state index is 0.133. The number of carbonyl (C=O) groups is 1. The molecule has 2 aromatic heterocycles. The Kier molecular flexibility index (Phi) is 6.67. The van der Waals surface area contributed by atoms with Crippen molar-refractivity contribution in [1.29, 1.82) is 0 Å². The second kappa shape index (κ2) is 10.0. The van der Waals surface area contributed by atoms with Crippen molar-refractivity contribution in [3.63, 3.8) is 0 Å². The Labute approximate surface area is 230 Å². The molecule has 0 bridgehead atoms. The molecule has 3 aromatic rings. The summed E-state index contributed by atoms with van der Waals surface area (Å²) in [6, 6.07) is 10.1. The van der Waals surface area contributed by atoms with Crippen molar-refractivity contribution in [3.05, 3.63) is 65.0 Å². The number of nitrogens with zero attached hydrogens (tertiary/aromatic N) is 5. The normalized spacial score (nSPS) is 21.6. The molecule has 0 aliphatic carbocycles. The van der Waals surface area contributed by atoms with Gasteiger partial charge in [-0.2, -0.15) is 0 Å². The molecule has 206 valence electrons. The summed E-state index contributed by atoms with van der Waals surface area (Å²) in [5, 5.41) is 15.0. The van der Waals surface area contributed by atoms with Gasteiger partial charge >= 0.3 is 0 Å². The Bertz CT molecular complexity index is 1380. The molecule has 0 unspecified atom stereocenters. The second-order valence-electron chi connectivity index (χ2n) is 12.5. The third-order valence-corrected chi connectivity index (χ3v) is 8.61. The Morgan fingerprint density at radius 3 is 2.82 bits per heavy atom. The number of hydrogen-bond acceptors (Lipinski definition) is 7. The first-order valence-electron chi connectivity index (χ1n) is 14.1. The zero-order valence-corrected chi connectivity index (χ0v) is 23.5. The average molecular weight is 530 g/mol. The quantitative estimate of drug-likeness (QED) is 0.479. The fraction of sp³-hybridized carbons (Fsp3) is 0.533. The van der Waals surface area contributed by atoms with Crippen molar-refractivity contribution in [3.8, 4) is 0 Å². The standard InChI is InChI=1S/C30H39N7O2/c1-20-7-6-10-37(14-20)15-21-11-24(34-27-26(21)31-16-29(27,2)3)28(38)33-23-9-5-8-22(12-23)30(17-39-18-30)13-25-35-32-19-36(25)4/h5,8-9,11-12,19-20,31H,6-7,10,13-18H2,1-4H3,(H,33,38)/t20-/m0/s1. The summed E-state index contributed by atoms with van der Waals surface area (Å²) >= 11 is 0. The molecule has 3 aliphatic heterocycles. The number of benzene rings is 1. The number of ether oxygens (including phenoxy) is 1. The van der Waals surface area contributed by atoms with Crippen molar-refractivity contribution in [2.75, 3.05) is 43.5 Å². The van der Waals surface area contributed by atoms with E-state index >= 15 is 0 Å². The fourth-order valence-corrected chi connectivity index (χ4v) is 6.20. The van der Waals surface area contributed by atoms with Gasteiger partial charge in [0.2, 0.25) is 0 Å². The van der Waals surface area contributed by atoms with Crippen LogP contribution >= 0.6 is 0 Å². The molecule has 9 nitrogen and oxygen atoms in total. The lowest BCUT2D eigenvalue weighted by Crippen LogP contribution is -2.49. The van der Waals surface area contributed by atoms with E-state index in [0.29, 0.717) is 24.8 Å². The van der Waals surface area contributed by atoms with Crippen molar-refractivity contribution >= 4 is 17.3 Å². The highest BCUT2D eigenvalue weighted by molar-refractivity contribution is 6.03. The predicted octanol–water partition coefficient (Wildman–Crippen LogP) is 3.91. The summed E-state index contributed by atoms with van der Waals surface area (Å²) in [4.78, 5) is 21.0. The van der Waals surface area contributed by atoms with Gasteiger partial charge in [-0.3, -0.25) is 9.69 Å². The van der Waals surface area contributed by atoms with Crippen LogP contribution in [0.1, 0.15) is 66.7 Å². The third kappa shape index (κ3) is 5.05. The number of rotatable bonds is 7. The number of aromatic nitrogens is 4. The molecule has 0 saturated carbocycles. The molecule has 3 aliphatic rings. The number of amides is 1. The number of pyridine rings is 1. The van der Waals surface area contributed by atoms with E-state index in [0.717, 1.165) is 66.6 Å². The van der Waals surface area contributed by atoms with E-state index in [9.17, 15) is 4.79 Å². The number of carbonyl (C=O) groups excluding carboxylic acids is 1. The van der Waals surface area contributed by atoms with Gasteiger partial charge in [-0.1, -0.05) is 32.9 Å². The van der Waals surface area contributed by atoms with Crippen molar-refractivity contribution in [1.82, 2.24) is 24.6 Å². The average Bonchev–Trinajstić information content (AvgIpc) is 3.43. The number of hydrogen-bond donors (Lipinski definition) is 2. The summed E-state index contributed by atoms with van der Waals surface area (Å²) in [5.74, 6) is 1.44. The molecule has 6 rings (SSSR count). The smallest absolute Gasteiger partial charge is 0.274 e. The maximum Gasteiger partial charge on any atom is 0.274 e. The number of nitrogens with one attached hydrogen (secondary N) is 2. The van der Waals surface area contributed by atoms with E-state index in [1.54, 1.807) is 6.33 Å². The summed E-state index contributed by atoms with van der Waals surface area (Å²) in [5.41, 5.74) is 5.29. The van der Waals surface area contributed by atoms with Crippen LogP contribution in [0.5, 0.6) is 0 Å². The van der Waals surface area contributed by atoms with Gasteiger partial charge in [0, 0.05) is 49.6 Å². The zero-order valence-electron chi connectivity index (χ0n) is 23.5. The van der Waals surface area contributed by atoms with E-state index < -0.39 is 0 Å². The second-order valence-corrected chi connectivity index (χ2v) is 12.5. The minimum Gasteiger partial charge on any atom is -0.382 e. The third-order valence-electron chi connectivity index (χ3n) is 8.61. The molecule has 0 spiro atoms. The maximum atomic E-state index is 13.6. The Morgan fingerprint density at radius 2 is 2.10 bits per heavy atom. The van der Waals surface area contributed by atoms with Crippen LogP contribution in [0.2, 0.25) is 0 Å². The van der Waals surface area contributed by atoms with Gasteiger partial charge < -0.3 is 19.9 Å². The SMILES string of the molecule is C[C@H]1CCCN(Cc2cc(C(=O)Nc3cccc(C4(Cc5nncn5C)COC4)c3)nc3c2NCC3(C)C)C1. The summed E-state index contributed by atoms with van der Waals surface area (Å²) in [6.45, 7) is 11.8. The Hall–Kier alpha value is -3.30. The first kappa shape index (κ1) is 26.0. The lowest BCUT2D eigenvalue weighted by molar-refractivity contribution is -0.0610. The van der Waals surface area contributed by atoms with Crippen molar-refractivity contribution in [2.24, 2.45) is 13.0 Å². The molecule has 1 amide bonds. The van der Waals surface area contributed by atoms with Gasteiger partial charge in [-0.05, 0) is 54.6 Å².